The van der Waals surface area contributed by atoms with Gasteiger partial charge in [-0.15, -0.1) is 0 Å². The van der Waals surface area contributed by atoms with Gasteiger partial charge < -0.3 is 5.73 Å². The first-order valence-electron chi connectivity index (χ1n) is 6.10. The number of rotatable bonds is 1. The standard InChI is InChI=1S/C14H19BrClN/c1-14(2)7-6-12(17)9(8-14)13-10(15)4-3-5-11(13)16/h3-5,9,12H,6-8,17H2,1-2H3. The molecule has 0 saturated heterocycles. The molecular weight excluding hydrogens is 298 g/mol. The lowest BCUT2D eigenvalue weighted by molar-refractivity contribution is 0.198. The number of benzene rings is 1. The fourth-order valence-corrected chi connectivity index (χ4v) is 3.88. The largest absolute Gasteiger partial charge is 0.327 e. The normalized spacial score (nSPS) is 28.1. The number of hydrogen-bond donors (Lipinski definition) is 1. The maximum absolute atomic E-state index is 6.34. The van der Waals surface area contributed by atoms with Gasteiger partial charge in [0.25, 0.3) is 0 Å². The average molecular weight is 317 g/mol. The Labute approximate surface area is 117 Å². The third-order valence-electron chi connectivity index (χ3n) is 3.81. The Hall–Kier alpha value is -0.0500. The Morgan fingerprint density at radius 1 is 1.41 bits per heavy atom. The van der Waals surface area contributed by atoms with Gasteiger partial charge in [-0.3, -0.25) is 0 Å². The van der Waals surface area contributed by atoms with Gasteiger partial charge in [-0.2, -0.15) is 0 Å². The van der Waals surface area contributed by atoms with Crippen molar-refractivity contribution in [3.8, 4) is 0 Å². The van der Waals surface area contributed by atoms with Crippen molar-refractivity contribution < 1.29 is 0 Å². The number of hydrogen-bond acceptors (Lipinski definition) is 1. The molecule has 2 rings (SSSR count). The lowest BCUT2D eigenvalue weighted by Gasteiger charge is -2.40. The van der Waals surface area contributed by atoms with Crippen LogP contribution in [0.25, 0.3) is 0 Å². The molecule has 1 nitrogen and oxygen atoms in total. The Morgan fingerprint density at radius 2 is 2.12 bits per heavy atom. The molecule has 0 bridgehead atoms. The molecule has 2 atom stereocenters. The van der Waals surface area contributed by atoms with Crippen molar-refractivity contribution in [2.75, 3.05) is 0 Å². The zero-order valence-electron chi connectivity index (χ0n) is 10.3. The van der Waals surface area contributed by atoms with Gasteiger partial charge in [-0.25, -0.2) is 0 Å². The van der Waals surface area contributed by atoms with E-state index in [0.29, 0.717) is 11.3 Å². The van der Waals surface area contributed by atoms with Crippen LogP contribution in [0, 0.1) is 5.41 Å². The molecule has 1 aliphatic rings. The second-order valence-electron chi connectivity index (χ2n) is 5.81. The lowest BCUT2D eigenvalue weighted by atomic mass is 9.68. The summed E-state index contributed by atoms with van der Waals surface area (Å²) in [7, 11) is 0. The predicted octanol–water partition coefficient (Wildman–Crippen LogP) is 4.72. The molecule has 17 heavy (non-hydrogen) atoms. The van der Waals surface area contributed by atoms with Crippen LogP contribution in [0.2, 0.25) is 5.02 Å². The SMILES string of the molecule is CC1(C)CCC(N)C(c2c(Cl)cccc2Br)C1. The van der Waals surface area contributed by atoms with E-state index in [9.17, 15) is 0 Å². The summed E-state index contributed by atoms with van der Waals surface area (Å²) in [6.45, 7) is 4.63. The van der Waals surface area contributed by atoms with Gasteiger partial charge in [0.15, 0.2) is 0 Å². The number of nitrogens with two attached hydrogens (primary N) is 1. The fraction of sp³-hybridized carbons (Fsp3) is 0.571. The molecule has 94 valence electrons. The van der Waals surface area contributed by atoms with Gasteiger partial charge in [0.1, 0.15) is 0 Å². The van der Waals surface area contributed by atoms with E-state index in [-0.39, 0.29) is 6.04 Å². The highest BCUT2D eigenvalue weighted by Crippen LogP contribution is 2.46. The quantitative estimate of drug-likeness (QED) is 0.797. The molecule has 0 amide bonds. The van der Waals surface area contributed by atoms with E-state index in [0.717, 1.165) is 22.3 Å². The van der Waals surface area contributed by atoms with E-state index >= 15 is 0 Å². The van der Waals surface area contributed by atoms with E-state index in [2.05, 4.69) is 35.8 Å². The van der Waals surface area contributed by atoms with E-state index in [1.54, 1.807) is 0 Å². The predicted molar refractivity (Wildman–Crippen MR) is 77.5 cm³/mol. The van der Waals surface area contributed by atoms with Crippen molar-refractivity contribution >= 4 is 27.5 Å². The second-order valence-corrected chi connectivity index (χ2v) is 7.07. The van der Waals surface area contributed by atoms with Gasteiger partial charge in [0.05, 0.1) is 0 Å². The van der Waals surface area contributed by atoms with Crippen LogP contribution in [0.4, 0.5) is 0 Å². The average Bonchev–Trinajstić information content (AvgIpc) is 2.23. The fourth-order valence-electron chi connectivity index (χ4n) is 2.79. The highest BCUT2D eigenvalue weighted by Gasteiger charge is 2.35. The van der Waals surface area contributed by atoms with Gasteiger partial charge in [0, 0.05) is 21.5 Å². The third-order valence-corrected chi connectivity index (χ3v) is 4.84. The summed E-state index contributed by atoms with van der Waals surface area (Å²) in [5.41, 5.74) is 7.84. The zero-order valence-corrected chi connectivity index (χ0v) is 12.7. The van der Waals surface area contributed by atoms with Crippen LogP contribution in [0.3, 0.4) is 0 Å². The highest BCUT2D eigenvalue weighted by molar-refractivity contribution is 9.10. The minimum atomic E-state index is 0.222. The molecule has 0 spiro atoms. The topological polar surface area (TPSA) is 26.0 Å². The van der Waals surface area contributed by atoms with Gasteiger partial charge >= 0.3 is 0 Å². The van der Waals surface area contributed by atoms with Crippen LogP contribution >= 0.6 is 27.5 Å². The molecule has 1 aromatic rings. The maximum Gasteiger partial charge on any atom is 0.0452 e. The van der Waals surface area contributed by atoms with Crippen LogP contribution in [0.1, 0.15) is 44.6 Å². The van der Waals surface area contributed by atoms with Gasteiger partial charge in [0.2, 0.25) is 0 Å². The van der Waals surface area contributed by atoms with Crippen molar-refractivity contribution in [1.29, 1.82) is 0 Å². The van der Waals surface area contributed by atoms with E-state index < -0.39 is 0 Å². The van der Waals surface area contributed by atoms with Gasteiger partial charge in [-0.05, 0) is 42.4 Å². The molecule has 0 heterocycles. The molecule has 1 aromatic carbocycles. The molecule has 1 aliphatic carbocycles. The molecule has 0 aromatic heterocycles. The molecule has 1 saturated carbocycles. The van der Waals surface area contributed by atoms with E-state index in [1.165, 1.54) is 12.0 Å². The highest BCUT2D eigenvalue weighted by atomic mass is 79.9. The Kier molecular flexibility index (Phi) is 3.86. The summed E-state index contributed by atoms with van der Waals surface area (Å²) >= 11 is 9.94. The number of halogens is 2. The van der Waals surface area contributed by atoms with Crippen LogP contribution in [0.15, 0.2) is 22.7 Å². The van der Waals surface area contributed by atoms with Crippen molar-refractivity contribution in [2.24, 2.45) is 11.1 Å². The molecule has 2 unspecified atom stereocenters. The molecule has 1 fully saturated rings. The first-order chi connectivity index (χ1) is 7.91. The van der Waals surface area contributed by atoms with Crippen molar-refractivity contribution in [2.45, 2.75) is 45.1 Å². The Morgan fingerprint density at radius 3 is 2.76 bits per heavy atom. The van der Waals surface area contributed by atoms with Crippen molar-refractivity contribution in [3.63, 3.8) is 0 Å². The summed E-state index contributed by atoms with van der Waals surface area (Å²) in [5, 5.41) is 0.831. The maximum atomic E-state index is 6.34. The van der Waals surface area contributed by atoms with Crippen LogP contribution in [-0.4, -0.2) is 6.04 Å². The molecule has 3 heteroatoms. The van der Waals surface area contributed by atoms with Crippen LogP contribution in [0.5, 0.6) is 0 Å². The minimum absolute atomic E-state index is 0.222. The Bertz CT molecular complexity index is 396. The third kappa shape index (κ3) is 2.86. The zero-order chi connectivity index (χ0) is 12.6. The smallest absolute Gasteiger partial charge is 0.0452 e. The monoisotopic (exact) mass is 315 g/mol. The second kappa shape index (κ2) is 4.91. The van der Waals surface area contributed by atoms with Gasteiger partial charge in [-0.1, -0.05) is 47.4 Å². The summed E-state index contributed by atoms with van der Waals surface area (Å²) in [6.07, 6.45) is 3.39. The molecular formula is C14H19BrClN. The molecule has 0 aliphatic heterocycles. The first-order valence-corrected chi connectivity index (χ1v) is 7.27. The van der Waals surface area contributed by atoms with Crippen molar-refractivity contribution in [3.05, 3.63) is 33.3 Å². The summed E-state index contributed by atoms with van der Waals surface area (Å²) in [6, 6.07) is 6.19. The van der Waals surface area contributed by atoms with E-state index in [1.807, 2.05) is 12.1 Å². The molecule has 0 radical (unpaired) electrons. The molecule has 2 N–H and O–H groups in total. The van der Waals surface area contributed by atoms with Crippen LogP contribution in [-0.2, 0) is 0 Å². The van der Waals surface area contributed by atoms with E-state index in [4.69, 9.17) is 17.3 Å². The van der Waals surface area contributed by atoms with Crippen LogP contribution < -0.4 is 5.73 Å². The van der Waals surface area contributed by atoms with Crippen molar-refractivity contribution in [1.82, 2.24) is 0 Å². The minimum Gasteiger partial charge on any atom is -0.327 e. The lowest BCUT2D eigenvalue weighted by Crippen LogP contribution is -2.38. The summed E-state index contributed by atoms with van der Waals surface area (Å²) < 4.78 is 1.09. The Balaban J connectivity index is 2.37. The first kappa shape index (κ1) is 13.4. The summed E-state index contributed by atoms with van der Waals surface area (Å²) in [4.78, 5) is 0. The summed E-state index contributed by atoms with van der Waals surface area (Å²) in [5.74, 6) is 0.363.